The molecule has 6 heteroatoms. The highest BCUT2D eigenvalue weighted by Crippen LogP contribution is 2.67. The molecular formula is C57H78O6. The third-order valence-corrected chi connectivity index (χ3v) is 21.8. The molecule has 10 aliphatic rings. The highest BCUT2D eigenvalue weighted by Gasteiger charge is 2.60. The standard InChI is InChI=1S/C21H30O2.2C18H24O2/c1-13(22)17-6-7-18-16-5-4-14-12-15(23)8-10-20(14,2)19(16)9-11-21(17,18)3;2*1-18-9-8-14-13-5-3-12(19)10-11(13)2-4-15(14)16(18)6-7-17(18)20/h12,16-19H,4-11H2,1-3H3;2*3,5,10,14-17,19-20H,2,4,6-9H2,1H3/t16-,17+,18-,19-,20-,21+;2*14-,15-,16+,17+,18+/m011/s1. The third-order valence-electron chi connectivity index (χ3n) is 21.8. The number of aliphatic hydroxyl groups is 2. The van der Waals surface area contributed by atoms with Crippen molar-refractivity contribution in [3.05, 3.63) is 70.3 Å². The Labute approximate surface area is 378 Å². The molecule has 2 aromatic carbocycles. The van der Waals surface area contributed by atoms with E-state index in [1.165, 1.54) is 92.0 Å². The molecule has 342 valence electrons. The van der Waals surface area contributed by atoms with E-state index in [-0.39, 0.29) is 33.9 Å². The molecule has 0 bridgehead atoms. The summed E-state index contributed by atoms with van der Waals surface area (Å²) in [7, 11) is 0. The Hall–Kier alpha value is -2.96. The van der Waals surface area contributed by atoms with Gasteiger partial charge in [0, 0.05) is 12.3 Å². The quantitative estimate of drug-likeness (QED) is 0.227. The number of ketones is 2. The van der Waals surface area contributed by atoms with Gasteiger partial charge in [0.15, 0.2) is 5.78 Å². The van der Waals surface area contributed by atoms with Crippen LogP contribution in [0.2, 0.25) is 0 Å². The van der Waals surface area contributed by atoms with Crippen LogP contribution in [-0.2, 0) is 22.4 Å². The van der Waals surface area contributed by atoms with Crippen LogP contribution < -0.4 is 0 Å². The molecule has 0 spiro atoms. The molecule has 0 heterocycles. The molecule has 7 saturated carbocycles. The fourth-order valence-electron chi connectivity index (χ4n) is 18.3. The van der Waals surface area contributed by atoms with E-state index < -0.39 is 0 Å². The maximum Gasteiger partial charge on any atom is 0.155 e. The maximum absolute atomic E-state index is 12.1. The van der Waals surface area contributed by atoms with Gasteiger partial charge >= 0.3 is 0 Å². The molecule has 63 heavy (non-hydrogen) atoms. The molecule has 0 unspecified atom stereocenters. The molecule has 0 aliphatic heterocycles. The lowest BCUT2D eigenvalue weighted by molar-refractivity contribution is -0.128. The number of carbonyl (C=O) groups is 2. The van der Waals surface area contributed by atoms with Gasteiger partial charge in [-0.05, 0) is 256 Å². The molecule has 0 saturated heterocycles. The van der Waals surface area contributed by atoms with E-state index in [4.69, 9.17) is 0 Å². The lowest BCUT2D eigenvalue weighted by Gasteiger charge is -2.58. The number of allylic oxidation sites excluding steroid dienone is 1. The molecule has 10 aliphatic carbocycles. The summed E-state index contributed by atoms with van der Waals surface area (Å²) in [5.41, 5.74) is 7.93. The Morgan fingerprint density at radius 1 is 0.540 bits per heavy atom. The van der Waals surface area contributed by atoms with Crippen LogP contribution in [0.5, 0.6) is 11.5 Å². The van der Waals surface area contributed by atoms with Gasteiger partial charge < -0.3 is 20.4 Å². The zero-order valence-electron chi connectivity index (χ0n) is 39.2. The van der Waals surface area contributed by atoms with E-state index in [9.17, 15) is 30.0 Å². The molecule has 16 atom stereocenters. The number of Topliss-reactive ketones (excluding diaryl/α,β-unsaturated/α-hetero) is 1. The third kappa shape index (κ3) is 7.05. The number of aryl methyl sites for hydroxylation is 2. The number of phenolic OH excluding ortho intramolecular Hbond substituents is 2. The molecule has 7 fully saturated rings. The number of aromatic hydroxyl groups is 2. The SMILES string of the molecule is CC(=O)[C@H]1CC[C@H]2[C@@H]3CCC4=CC(=O)CC[C@]4(C)[C@H]3CC[C@]12C.C[C@]12CC[C@@H]3c4ccc(O)cc4CC[C@H]3[C@@H]1CC[C@@H]2O.C[C@]12CC[C@@H]3c4ccc(O)cc4CC[C@H]3[C@@H]1CC[C@@H]2O. The van der Waals surface area contributed by atoms with E-state index in [0.29, 0.717) is 52.7 Å². The summed E-state index contributed by atoms with van der Waals surface area (Å²) >= 11 is 0. The van der Waals surface area contributed by atoms with Crippen LogP contribution in [0.1, 0.15) is 184 Å². The number of aliphatic hydroxyl groups excluding tert-OH is 2. The summed E-state index contributed by atoms with van der Waals surface area (Å²) in [6, 6.07) is 11.9. The van der Waals surface area contributed by atoms with Crippen LogP contribution in [-0.4, -0.2) is 44.2 Å². The number of carbonyl (C=O) groups excluding carboxylic acids is 2. The van der Waals surface area contributed by atoms with Crippen molar-refractivity contribution in [1.82, 2.24) is 0 Å². The molecule has 12 rings (SSSR count). The summed E-state index contributed by atoms with van der Waals surface area (Å²) in [6.07, 6.45) is 24.5. The second-order valence-electron chi connectivity index (χ2n) is 24.1. The topological polar surface area (TPSA) is 115 Å². The molecule has 2 aromatic rings. The summed E-state index contributed by atoms with van der Waals surface area (Å²) in [5, 5.41) is 40.1. The molecule has 0 amide bonds. The fraction of sp³-hybridized carbons (Fsp3) is 0.719. The van der Waals surface area contributed by atoms with Crippen molar-refractivity contribution in [2.75, 3.05) is 0 Å². The highest BCUT2D eigenvalue weighted by molar-refractivity contribution is 5.91. The van der Waals surface area contributed by atoms with Crippen molar-refractivity contribution in [3.63, 3.8) is 0 Å². The van der Waals surface area contributed by atoms with Crippen molar-refractivity contribution >= 4 is 11.6 Å². The maximum atomic E-state index is 12.1. The predicted octanol–water partition coefficient (Wildman–Crippen LogP) is 11.9. The van der Waals surface area contributed by atoms with Crippen LogP contribution in [0.4, 0.5) is 0 Å². The summed E-state index contributed by atoms with van der Waals surface area (Å²) in [4.78, 5) is 24.0. The summed E-state index contributed by atoms with van der Waals surface area (Å²) in [6.45, 7) is 11.3. The first-order valence-electron chi connectivity index (χ1n) is 25.8. The van der Waals surface area contributed by atoms with Gasteiger partial charge in [-0.2, -0.15) is 0 Å². The van der Waals surface area contributed by atoms with Gasteiger partial charge in [-0.15, -0.1) is 0 Å². The Kier molecular flexibility index (Phi) is 11.2. The van der Waals surface area contributed by atoms with Gasteiger partial charge in [0.1, 0.15) is 17.3 Å². The van der Waals surface area contributed by atoms with Gasteiger partial charge in [0.25, 0.3) is 0 Å². The monoisotopic (exact) mass is 859 g/mol. The van der Waals surface area contributed by atoms with Gasteiger partial charge in [0.05, 0.1) is 12.2 Å². The Morgan fingerprint density at radius 3 is 1.57 bits per heavy atom. The number of phenols is 2. The minimum atomic E-state index is -0.0883. The van der Waals surface area contributed by atoms with E-state index in [1.807, 2.05) is 30.3 Å². The largest absolute Gasteiger partial charge is 0.508 e. The first kappa shape index (κ1) is 43.9. The smallest absolute Gasteiger partial charge is 0.155 e. The highest BCUT2D eigenvalue weighted by atomic mass is 16.3. The number of hydrogen-bond acceptors (Lipinski definition) is 6. The normalized spacial score (nSPS) is 45.0. The molecule has 0 radical (unpaired) electrons. The molecule has 4 N–H and O–H groups in total. The van der Waals surface area contributed by atoms with Crippen LogP contribution in [0, 0.1) is 69.0 Å². The average Bonchev–Trinajstić information content (AvgIpc) is 3.89. The van der Waals surface area contributed by atoms with Gasteiger partial charge in [-0.3, -0.25) is 9.59 Å². The van der Waals surface area contributed by atoms with Crippen molar-refractivity contribution in [2.24, 2.45) is 69.0 Å². The Balaban J connectivity index is 0.000000113. The van der Waals surface area contributed by atoms with Crippen molar-refractivity contribution < 1.29 is 30.0 Å². The second kappa shape index (κ2) is 16.1. The zero-order chi connectivity index (χ0) is 44.2. The van der Waals surface area contributed by atoms with E-state index in [1.54, 1.807) is 6.92 Å². The first-order valence-corrected chi connectivity index (χ1v) is 25.8. The minimum absolute atomic E-state index is 0.0883. The Bertz CT molecular complexity index is 2040. The number of benzene rings is 2. The fourth-order valence-corrected chi connectivity index (χ4v) is 18.3. The second-order valence-corrected chi connectivity index (χ2v) is 24.1. The van der Waals surface area contributed by atoms with E-state index in [2.05, 4.69) is 39.8 Å². The van der Waals surface area contributed by atoms with Crippen molar-refractivity contribution in [2.45, 2.75) is 187 Å². The van der Waals surface area contributed by atoms with E-state index in [0.717, 1.165) is 93.8 Å². The van der Waals surface area contributed by atoms with Crippen LogP contribution >= 0.6 is 0 Å². The van der Waals surface area contributed by atoms with Crippen molar-refractivity contribution in [1.29, 1.82) is 0 Å². The van der Waals surface area contributed by atoms with Gasteiger partial charge in [0.2, 0.25) is 0 Å². The minimum Gasteiger partial charge on any atom is -0.508 e. The Morgan fingerprint density at radius 2 is 1.03 bits per heavy atom. The average molecular weight is 859 g/mol. The van der Waals surface area contributed by atoms with E-state index >= 15 is 0 Å². The predicted molar refractivity (Wildman–Crippen MR) is 248 cm³/mol. The van der Waals surface area contributed by atoms with Gasteiger partial charge in [-0.25, -0.2) is 0 Å². The zero-order valence-corrected chi connectivity index (χ0v) is 39.2. The van der Waals surface area contributed by atoms with Gasteiger partial charge in [-0.1, -0.05) is 45.4 Å². The first-order chi connectivity index (χ1) is 30.0. The van der Waals surface area contributed by atoms with Crippen LogP contribution in [0.25, 0.3) is 0 Å². The lowest BCUT2D eigenvalue weighted by atomic mass is 9.47. The summed E-state index contributed by atoms with van der Waals surface area (Å²) < 4.78 is 0. The van der Waals surface area contributed by atoms with Crippen molar-refractivity contribution in [3.8, 4) is 11.5 Å². The summed E-state index contributed by atoms with van der Waals surface area (Å²) in [5.74, 6) is 8.27. The molecular weight excluding hydrogens is 781 g/mol. The molecule has 6 nitrogen and oxygen atoms in total. The number of hydrogen-bond donors (Lipinski definition) is 4. The molecule has 0 aromatic heterocycles. The van der Waals surface area contributed by atoms with Crippen LogP contribution in [0.15, 0.2) is 48.0 Å². The number of fused-ring (bicyclic) bond motifs is 15. The number of rotatable bonds is 1. The lowest BCUT2D eigenvalue weighted by Crippen LogP contribution is -2.51. The van der Waals surface area contributed by atoms with Crippen LogP contribution in [0.3, 0.4) is 0 Å².